The number of rotatable bonds is 6. The fourth-order valence-corrected chi connectivity index (χ4v) is 14.2. The van der Waals surface area contributed by atoms with Crippen molar-refractivity contribution in [1.82, 2.24) is 0 Å². The number of nitrogens with zero attached hydrogens (tertiary/aromatic N) is 2. The number of thiophene rings is 2. The molecule has 0 radical (unpaired) electrons. The second kappa shape index (κ2) is 13.9. The molecule has 3 atom stereocenters. The number of hydrogen-bond donors (Lipinski definition) is 0. The average Bonchev–Trinajstić information content (AvgIpc) is 2.31. The highest BCUT2D eigenvalue weighted by molar-refractivity contribution is 7.21. The molecule has 0 saturated carbocycles. The van der Waals surface area contributed by atoms with Crippen molar-refractivity contribution in [3.63, 3.8) is 0 Å². The Kier molecular flexibility index (Phi) is 5.27. The SMILES string of the molecule is [2H]C([2H])([2H])c1cc2c3c(c1)N(c1c(C([2H])(C)C([2H])([2H])[2H])cccc1C([2H])(C)C([2H])([2H])[2H])c1sc4c(c1B3c1cc3sc5c(c3cc1N2c1c(C([2H])(C)C([2H])([2H])[2H])cccc1C([2H])(C([2H])([2H])[2H])C([2H])([2H])[2H])C(C)(C)CCC5(C)C)CC(C)(C)C4. The summed E-state index contributed by atoms with van der Waals surface area (Å²) in [5, 5.41) is 1.22. The molecule has 0 spiro atoms. The van der Waals surface area contributed by atoms with Crippen molar-refractivity contribution < 1.29 is 30.2 Å². The zero-order valence-corrected chi connectivity index (χ0v) is 38.0. The van der Waals surface area contributed by atoms with E-state index in [9.17, 15) is 9.60 Å². The van der Waals surface area contributed by atoms with E-state index in [4.69, 9.17) is 20.6 Å². The molecule has 4 aliphatic rings. The lowest BCUT2D eigenvalue weighted by molar-refractivity contribution is 0.341. The summed E-state index contributed by atoms with van der Waals surface area (Å²) in [6.45, 7) is -4.34. The lowest BCUT2D eigenvalue weighted by Gasteiger charge is -2.46. The first-order valence-electron chi connectivity index (χ1n) is 32.2. The van der Waals surface area contributed by atoms with E-state index in [1.54, 1.807) is 16.2 Å². The molecule has 2 nitrogen and oxygen atoms in total. The van der Waals surface area contributed by atoms with Gasteiger partial charge in [-0.15, -0.1) is 22.7 Å². The quantitative estimate of drug-likeness (QED) is 0.154. The molecule has 0 saturated heterocycles. The van der Waals surface area contributed by atoms with Gasteiger partial charge in [0.1, 0.15) is 0 Å². The van der Waals surface area contributed by atoms with Crippen LogP contribution in [0.3, 0.4) is 0 Å². The molecular weight excluding hydrogens is 776 g/mol. The molecule has 0 amide bonds. The number of para-hydroxylation sites is 2. The number of aryl methyl sites for hydroxylation is 1. The molecule has 0 bridgehead atoms. The molecule has 2 aliphatic heterocycles. The van der Waals surface area contributed by atoms with Gasteiger partial charge < -0.3 is 9.80 Å². The molecule has 0 N–H and O–H groups in total. The van der Waals surface area contributed by atoms with Crippen molar-refractivity contribution in [1.29, 1.82) is 0 Å². The molecule has 4 aromatic carbocycles. The second-order valence-electron chi connectivity index (χ2n) is 19.9. The van der Waals surface area contributed by atoms with E-state index in [0.717, 1.165) is 56.8 Å². The monoisotopic (exact) mass is 865 g/mol. The Morgan fingerprint density at radius 1 is 0.656 bits per heavy atom. The largest absolute Gasteiger partial charge is 0.311 e. The van der Waals surface area contributed by atoms with E-state index in [1.807, 2.05) is 12.1 Å². The highest BCUT2D eigenvalue weighted by Crippen LogP contribution is 2.57. The number of benzene rings is 4. The lowest BCUT2D eigenvalue weighted by atomic mass is 9.33. The predicted molar refractivity (Wildman–Crippen MR) is 271 cm³/mol. The maximum atomic E-state index is 9.98. The first-order chi connectivity index (χ1) is 37.4. The lowest BCUT2D eigenvalue weighted by Crippen LogP contribution is -2.62. The fourth-order valence-electron chi connectivity index (χ4n) is 11.0. The number of fused-ring (bicyclic) bond motifs is 9. The van der Waals surface area contributed by atoms with Gasteiger partial charge in [0.25, 0.3) is 6.71 Å². The Morgan fingerprint density at radius 3 is 1.84 bits per heavy atom. The maximum Gasteiger partial charge on any atom is 0.253 e. The Hall–Kier alpha value is -3.80. The molecule has 0 fully saturated rings. The molecule has 2 aromatic heterocycles. The van der Waals surface area contributed by atoms with E-state index in [2.05, 4.69) is 41.5 Å². The zero-order valence-electron chi connectivity index (χ0n) is 58.4. The van der Waals surface area contributed by atoms with Crippen LogP contribution in [0.25, 0.3) is 10.1 Å². The molecule has 10 rings (SSSR count). The third-order valence-corrected chi connectivity index (χ3v) is 16.6. The van der Waals surface area contributed by atoms with Crippen molar-refractivity contribution in [2.24, 2.45) is 5.41 Å². The van der Waals surface area contributed by atoms with Gasteiger partial charge in [-0.3, -0.25) is 0 Å². The van der Waals surface area contributed by atoms with Gasteiger partial charge in [-0.05, 0) is 157 Å². The summed E-state index contributed by atoms with van der Waals surface area (Å²) in [6.07, 6.45) is 2.69. The van der Waals surface area contributed by atoms with Crippen LogP contribution >= 0.6 is 22.7 Å². The van der Waals surface area contributed by atoms with Crippen LogP contribution < -0.4 is 26.2 Å². The van der Waals surface area contributed by atoms with Gasteiger partial charge in [0.15, 0.2) is 0 Å². The molecule has 3 unspecified atom stereocenters. The summed E-state index contributed by atoms with van der Waals surface area (Å²) in [5.74, 6) is -11.3. The van der Waals surface area contributed by atoms with E-state index in [1.165, 1.54) is 72.5 Å². The first kappa shape index (κ1) is 23.2. The number of anilines is 6. The van der Waals surface area contributed by atoms with Gasteiger partial charge in [0, 0.05) is 61.7 Å². The summed E-state index contributed by atoms with van der Waals surface area (Å²) in [5.41, 5.74) is 0.0788. The van der Waals surface area contributed by atoms with E-state index in [-0.39, 0.29) is 55.7 Å². The Morgan fingerprint density at radius 2 is 1.23 bits per heavy atom. The topological polar surface area (TPSA) is 6.48 Å². The van der Waals surface area contributed by atoms with Gasteiger partial charge >= 0.3 is 0 Å². The van der Waals surface area contributed by atoms with Crippen molar-refractivity contribution in [3.05, 3.63) is 109 Å². The third-order valence-electron chi connectivity index (χ3n) is 13.9. The molecule has 6 aromatic rings. The molecule has 61 heavy (non-hydrogen) atoms. The Balaban J connectivity index is 1.51. The van der Waals surface area contributed by atoms with Crippen LogP contribution in [0, 0.1) is 12.3 Å². The van der Waals surface area contributed by atoms with Gasteiger partial charge in [-0.25, -0.2) is 0 Å². The van der Waals surface area contributed by atoms with Crippen LogP contribution in [0.5, 0.6) is 0 Å². The van der Waals surface area contributed by atoms with Crippen molar-refractivity contribution in [2.45, 2.75) is 164 Å². The third kappa shape index (κ3) is 6.05. The predicted octanol–water partition coefficient (Wildman–Crippen LogP) is 15.3. The Bertz CT molecular complexity index is 3620. The van der Waals surface area contributed by atoms with E-state index < -0.39 is 93.6 Å². The zero-order chi connectivity index (χ0) is 62.1. The minimum Gasteiger partial charge on any atom is -0.311 e. The van der Waals surface area contributed by atoms with Crippen LogP contribution in [0.1, 0.15) is 212 Å². The van der Waals surface area contributed by atoms with Crippen molar-refractivity contribution >= 4 is 89.3 Å². The summed E-state index contributed by atoms with van der Waals surface area (Å²) in [7, 11) is 0. The smallest absolute Gasteiger partial charge is 0.253 e. The van der Waals surface area contributed by atoms with E-state index in [0.29, 0.717) is 28.8 Å². The van der Waals surface area contributed by atoms with Gasteiger partial charge in [-0.1, -0.05) is 133 Å². The first-order valence-corrected chi connectivity index (χ1v) is 22.8. The fraction of sp³-hybridized carbons (Fsp3) is 0.464. The van der Waals surface area contributed by atoms with Crippen LogP contribution in [0.4, 0.5) is 33.4 Å². The average molecular weight is 865 g/mol. The molecule has 5 heteroatoms. The van der Waals surface area contributed by atoms with Crippen LogP contribution in [0.2, 0.25) is 0 Å². The van der Waals surface area contributed by atoms with Crippen LogP contribution in [-0.2, 0) is 23.7 Å². The molecule has 2 aliphatic carbocycles. The van der Waals surface area contributed by atoms with Crippen molar-refractivity contribution in [3.8, 4) is 0 Å². The molecule has 316 valence electrons. The van der Waals surface area contributed by atoms with E-state index >= 15 is 0 Å². The Labute approximate surface area is 406 Å². The standard InChI is InChI=1S/C56H67BN2S2/c1-30(2)35-18-16-19-36(31(3)4)50(35)58-42-26-39-45(60-52-47(39)55(12,13)22-23-56(52,14)15)27-41(42)57-48-40-28-54(10,11)29-46(40)61-53(48)59(44-25-34(9)24-43(58)49(44)57)51-37(32(5)6)20-17-21-38(51)33(7)8/h16-21,24-27,30-33H,22-23,28-29H2,1-15H3/i1D3,2D3,3D3,5D3,7D3,9D3,30D,31D,32D,33D. The highest BCUT2D eigenvalue weighted by atomic mass is 32.1. The molecular formula is C56H67BN2S2. The highest BCUT2D eigenvalue weighted by Gasteiger charge is 2.50. The van der Waals surface area contributed by atoms with Crippen LogP contribution in [-0.4, -0.2) is 6.71 Å². The van der Waals surface area contributed by atoms with Gasteiger partial charge in [0.2, 0.25) is 0 Å². The molecule has 4 heterocycles. The normalized spacial score (nSPS) is 27.7. The van der Waals surface area contributed by atoms with Gasteiger partial charge in [0.05, 0.1) is 16.4 Å². The summed E-state index contributed by atoms with van der Waals surface area (Å²) < 4.78 is 202. The minimum atomic E-state index is -3.68. The van der Waals surface area contributed by atoms with Crippen molar-refractivity contribution in [2.75, 3.05) is 9.80 Å². The minimum absolute atomic E-state index is 0.0385. The second-order valence-corrected chi connectivity index (χ2v) is 22.0. The van der Waals surface area contributed by atoms with Crippen LogP contribution in [0.15, 0.2) is 60.7 Å². The number of hydrogen-bond acceptors (Lipinski definition) is 4. The summed E-state index contributed by atoms with van der Waals surface area (Å²) >= 11 is 2.97. The summed E-state index contributed by atoms with van der Waals surface area (Å²) in [4.78, 5) is 5.08. The van der Waals surface area contributed by atoms with Gasteiger partial charge in [-0.2, -0.15) is 0 Å². The maximum absolute atomic E-state index is 9.98. The summed E-state index contributed by atoms with van der Waals surface area (Å²) in [6, 6.07) is 14.5.